The van der Waals surface area contributed by atoms with E-state index in [1.807, 2.05) is 6.21 Å². The molecule has 1 aliphatic carbocycles. The van der Waals surface area contributed by atoms with Gasteiger partial charge in [-0.15, -0.1) is 5.16 Å². The Morgan fingerprint density at radius 3 is 2.73 bits per heavy atom. The number of hydrogen-bond acceptors (Lipinski definition) is 3. The van der Waals surface area contributed by atoms with Gasteiger partial charge in [-0.2, -0.15) is 5.26 Å². The molecule has 2 unspecified atom stereocenters. The summed E-state index contributed by atoms with van der Waals surface area (Å²) in [6, 6.07) is 2.35. The first kappa shape index (κ1) is 12.2. The molecule has 0 radical (unpaired) electrons. The Hall–Kier alpha value is -0.823. The largest absolute Gasteiger partial charge is 0.456 e. The molecule has 0 heterocycles. The van der Waals surface area contributed by atoms with Gasteiger partial charge >= 0.3 is 0 Å². The monoisotopic (exact) mass is 224 g/mol. The summed E-state index contributed by atoms with van der Waals surface area (Å²) in [4.78, 5) is 0. The fraction of sp³-hybridized carbons (Fsp3) is 0.818. The van der Waals surface area contributed by atoms with Gasteiger partial charge in [-0.05, 0) is 44.8 Å². The molecule has 0 aromatic heterocycles. The third-order valence-electron chi connectivity index (χ3n) is 2.50. The Morgan fingerprint density at radius 2 is 2.13 bits per heavy atom. The van der Waals surface area contributed by atoms with E-state index in [1.54, 1.807) is 0 Å². The van der Waals surface area contributed by atoms with Gasteiger partial charge in [0.15, 0.2) is 0 Å². The zero-order valence-electron chi connectivity index (χ0n) is 9.86. The van der Waals surface area contributed by atoms with E-state index in [1.165, 1.54) is 0 Å². The fourth-order valence-corrected chi connectivity index (χ4v) is 2.13. The molecule has 0 aromatic rings. The maximum absolute atomic E-state index is 8.84. The maximum Gasteiger partial charge on any atom is 0.278 e. The summed E-state index contributed by atoms with van der Waals surface area (Å²) < 4.78 is 5.43. The molecule has 15 heavy (non-hydrogen) atoms. The van der Waals surface area contributed by atoms with Crippen molar-refractivity contribution in [2.24, 2.45) is 17.0 Å². The highest BCUT2D eigenvalue weighted by atomic mass is 28.4. The lowest BCUT2D eigenvalue weighted by molar-refractivity contribution is 0.324. The molecule has 0 saturated heterocycles. The zero-order chi connectivity index (χ0) is 11.3. The van der Waals surface area contributed by atoms with E-state index in [4.69, 9.17) is 9.79 Å². The van der Waals surface area contributed by atoms with Gasteiger partial charge in [-0.25, -0.2) is 0 Å². The number of rotatable bonds is 3. The first-order valence-corrected chi connectivity index (χ1v) is 9.03. The first-order chi connectivity index (χ1) is 7.01. The van der Waals surface area contributed by atoms with Gasteiger partial charge in [0.05, 0.1) is 6.07 Å². The van der Waals surface area contributed by atoms with Gasteiger partial charge in [0.1, 0.15) is 0 Å². The summed E-state index contributed by atoms with van der Waals surface area (Å²) in [5.74, 6) is 0.668. The van der Waals surface area contributed by atoms with Crippen LogP contribution < -0.4 is 0 Å². The summed E-state index contributed by atoms with van der Waals surface area (Å²) in [7, 11) is -1.53. The standard InChI is InChI=1S/C11H20N2OSi/c1-15(2,3)14-13-9-11-6-4-5-10(7-11)8-12/h9-11H,4-7H2,1-3H3/b13-9+. The van der Waals surface area contributed by atoms with Crippen LogP contribution >= 0.6 is 0 Å². The minimum atomic E-state index is -1.53. The molecule has 1 fully saturated rings. The molecule has 1 aliphatic rings. The van der Waals surface area contributed by atoms with E-state index in [2.05, 4.69) is 30.9 Å². The number of nitriles is 1. The summed E-state index contributed by atoms with van der Waals surface area (Å²) >= 11 is 0. The molecular formula is C11H20N2OSi. The van der Waals surface area contributed by atoms with Gasteiger partial charge < -0.3 is 4.53 Å². The molecule has 1 saturated carbocycles. The van der Waals surface area contributed by atoms with Crippen molar-refractivity contribution in [3.8, 4) is 6.07 Å². The summed E-state index contributed by atoms with van der Waals surface area (Å²) in [6.07, 6.45) is 6.20. The first-order valence-electron chi connectivity index (χ1n) is 5.62. The summed E-state index contributed by atoms with van der Waals surface area (Å²) in [5.41, 5.74) is 0. The highest BCUT2D eigenvalue weighted by molar-refractivity contribution is 6.69. The fourth-order valence-electron chi connectivity index (χ4n) is 1.75. The summed E-state index contributed by atoms with van der Waals surface area (Å²) in [5, 5.41) is 12.9. The Labute approximate surface area is 93.2 Å². The molecule has 0 bridgehead atoms. The number of hydrogen-bond donors (Lipinski definition) is 0. The van der Waals surface area contributed by atoms with Crippen molar-refractivity contribution in [1.82, 2.24) is 0 Å². The van der Waals surface area contributed by atoms with E-state index in [0.29, 0.717) is 5.92 Å². The van der Waals surface area contributed by atoms with Crippen molar-refractivity contribution in [2.45, 2.75) is 45.3 Å². The molecule has 0 aliphatic heterocycles. The second-order valence-corrected chi connectivity index (χ2v) is 9.62. The molecule has 84 valence electrons. The minimum absolute atomic E-state index is 0.224. The molecular weight excluding hydrogens is 204 g/mol. The number of oxime groups is 1. The second-order valence-electron chi connectivity index (χ2n) is 5.21. The van der Waals surface area contributed by atoms with Crippen molar-refractivity contribution in [1.29, 1.82) is 5.26 Å². The third-order valence-corrected chi connectivity index (χ3v) is 3.15. The molecule has 2 atom stereocenters. The Morgan fingerprint density at radius 1 is 1.40 bits per heavy atom. The van der Waals surface area contributed by atoms with Gasteiger partial charge in [0.25, 0.3) is 8.32 Å². The lowest BCUT2D eigenvalue weighted by atomic mass is 9.83. The van der Waals surface area contributed by atoms with Crippen LogP contribution in [0.3, 0.4) is 0 Å². The second kappa shape index (κ2) is 5.31. The highest BCUT2D eigenvalue weighted by Gasteiger charge is 2.21. The van der Waals surface area contributed by atoms with Crippen molar-refractivity contribution in [3.63, 3.8) is 0 Å². The normalized spacial score (nSPS) is 27.6. The molecule has 0 amide bonds. The predicted octanol–water partition coefficient (Wildman–Crippen LogP) is 3.15. The van der Waals surface area contributed by atoms with Crippen LogP contribution in [0.15, 0.2) is 5.16 Å². The van der Waals surface area contributed by atoms with E-state index in [9.17, 15) is 0 Å². The Balaban J connectivity index is 2.35. The van der Waals surface area contributed by atoms with Crippen LogP contribution in [0, 0.1) is 23.2 Å². The van der Waals surface area contributed by atoms with E-state index in [-0.39, 0.29) is 5.92 Å². The topological polar surface area (TPSA) is 45.4 Å². The number of nitrogens with zero attached hydrogens (tertiary/aromatic N) is 2. The van der Waals surface area contributed by atoms with E-state index in [0.717, 1.165) is 25.7 Å². The maximum atomic E-state index is 8.84. The van der Waals surface area contributed by atoms with E-state index < -0.39 is 8.32 Å². The van der Waals surface area contributed by atoms with Gasteiger partial charge in [-0.1, -0.05) is 6.42 Å². The van der Waals surface area contributed by atoms with Crippen molar-refractivity contribution >= 4 is 14.5 Å². The van der Waals surface area contributed by atoms with Crippen molar-refractivity contribution in [3.05, 3.63) is 0 Å². The van der Waals surface area contributed by atoms with Gasteiger partial charge in [0.2, 0.25) is 0 Å². The quantitative estimate of drug-likeness (QED) is 0.420. The van der Waals surface area contributed by atoms with Crippen LogP contribution in [0.4, 0.5) is 0 Å². The van der Waals surface area contributed by atoms with Crippen LogP contribution in [0.5, 0.6) is 0 Å². The van der Waals surface area contributed by atoms with Crippen LogP contribution in [0.1, 0.15) is 25.7 Å². The lowest BCUT2D eigenvalue weighted by Gasteiger charge is -2.22. The SMILES string of the molecule is C[Si](C)(C)O/N=C/C1CCCC(C#N)C1. The van der Waals surface area contributed by atoms with Gasteiger partial charge in [-0.3, -0.25) is 0 Å². The Bertz CT molecular complexity index is 265. The van der Waals surface area contributed by atoms with E-state index >= 15 is 0 Å². The average Bonchev–Trinajstić information content (AvgIpc) is 2.16. The van der Waals surface area contributed by atoms with Crippen LogP contribution in [0.2, 0.25) is 19.6 Å². The minimum Gasteiger partial charge on any atom is -0.456 e. The molecule has 1 rings (SSSR count). The molecule has 0 N–H and O–H groups in total. The smallest absolute Gasteiger partial charge is 0.278 e. The third kappa shape index (κ3) is 4.98. The molecule has 3 nitrogen and oxygen atoms in total. The summed E-state index contributed by atoms with van der Waals surface area (Å²) in [6.45, 7) is 6.34. The zero-order valence-corrected chi connectivity index (χ0v) is 10.9. The molecule has 0 spiro atoms. The van der Waals surface area contributed by atoms with Crippen molar-refractivity contribution < 1.29 is 4.53 Å². The average molecular weight is 224 g/mol. The van der Waals surface area contributed by atoms with Crippen LogP contribution in [-0.2, 0) is 4.53 Å². The van der Waals surface area contributed by atoms with Crippen LogP contribution in [-0.4, -0.2) is 14.5 Å². The van der Waals surface area contributed by atoms with Crippen molar-refractivity contribution in [2.75, 3.05) is 0 Å². The van der Waals surface area contributed by atoms with Crippen LogP contribution in [0.25, 0.3) is 0 Å². The molecule has 4 heteroatoms. The highest BCUT2D eigenvalue weighted by Crippen LogP contribution is 2.27. The predicted molar refractivity (Wildman–Crippen MR) is 64.0 cm³/mol. The van der Waals surface area contributed by atoms with Gasteiger partial charge in [0, 0.05) is 12.1 Å². The Kier molecular flexibility index (Phi) is 4.34. The lowest BCUT2D eigenvalue weighted by Crippen LogP contribution is -2.23. The molecule has 0 aromatic carbocycles.